The van der Waals surface area contributed by atoms with E-state index >= 15 is 0 Å². The molecule has 4 rings (SSSR count). The van der Waals surface area contributed by atoms with Crippen LogP contribution in [0.5, 0.6) is 0 Å². The predicted octanol–water partition coefficient (Wildman–Crippen LogP) is 4.26. The molecule has 2 amide bonds. The summed E-state index contributed by atoms with van der Waals surface area (Å²) in [4.78, 5) is 33.7. The van der Waals surface area contributed by atoms with Crippen molar-refractivity contribution < 1.29 is 27.2 Å². The van der Waals surface area contributed by atoms with Crippen molar-refractivity contribution >= 4 is 23.2 Å². The number of benzene rings is 1. The highest BCUT2D eigenvalue weighted by atomic mass is 32.1. The van der Waals surface area contributed by atoms with Gasteiger partial charge >= 0.3 is 6.18 Å². The number of oxazole rings is 1. The molecule has 1 aliphatic rings. The first-order chi connectivity index (χ1) is 15.2. The Morgan fingerprint density at radius 2 is 1.75 bits per heavy atom. The Morgan fingerprint density at radius 3 is 2.41 bits per heavy atom. The average molecular weight is 463 g/mol. The van der Waals surface area contributed by atoms with Gasteiger partial charge < -0.3 is 14.2 Å². The molecule has 0 spiro atoms. The predicted molar refractivity (Wildman–Crippen MR) is 112 cm³/mol. The van der Waals surface area contributed by atoms with Crippen LogP contribution in [-0.2, 0) is 17.4 Å². The molecule has 3 heterocycles. The summed E-state index contributed by atoms with van der Waals surface area (Å²) in [6.07, 6.45) is -4.55. The number of amides is 2. The summed E-state index contributed by atoms with van der Waals surface area (Å²) < 4.78 is 45.4. The quantitative estimate of drug-likeness (QED) is 0.580. The maximum Gasteiger partial charge on any atom is 0.417 e. The molecule has 3 aromatic rings. The Kier molecular flexibility index (Phi) is 6.05. The van der Waals surface area contributed by atoms with Crippen LogP contribution in [0, 0.1) is 6.92 Å². The SMILES string of the molecule is Cc1oc(-c2cccs2)nc1CC(=O)N1CCN(C(=O)c2ccccc2C(F)(F)F)CC1. The average Bonchev–Trinajstić information content (AvgIpc) is 3.43. The first-order valence-electron chi connectivity index (χ1n) is 9.97. The zero-order valence-corrected chi connectivity index (χ0v) is 18.0. The van der Waals surface area contributed by atoms with Crippen molar-refractivity contribution in [1.29, 1.82) is 0 Å². The second-order valence-electron chi connectivity index (χ2n) is 7.39. The second kappa shape index (κ2) is 8.78. The van der Waals surface area contributed by atoms with E-state index in [-0.39, 0.29) is 44.1 Å². The minimum Gasteiger partial charge on any atom is -0.440 e. The van der Waals surface area contributed by atoms with Crippen LogP contribution in [0.25, 0.3) is 10.8 Å². The summed E-state index contributed by atoms with van der Waals surface area (Å²) in [5, 5.41) is 1.91. The molecule has 0 saturated carbocycles. The van der Waals surface area contributed by atoms with Gasteiger partial charge in [0, 0.05) is 26.2 Å². The minimum absolute atomic E-state index is 0.0611. The fourth-order valence-electron chi connectivity index (χ4n) is 3.60. The normalized spacial score (nSPS) is 14.6. The third kappa shape index (κ3) is 4.55. The molecule has 0 aliphatic carbocycles. The van der Waals surface area contributed by atoms with E-state index in [1.165, 1.54) is 34.4 Å². The number of halogens is 3. The van der Waals surface area contributed by atoms with Crippen LogP contribution in [0.4, 0.5) is 13.2 Å². The maximum atomic E-state index is 13.2. The molecule has 1 aliphatic heterocycles. The summed E-state index contributed by atoms with van der Waals surface area (Å²) >= 11 is 1.49. The number of carbonyl (C=O) groups is 2. The summed E-state index contributed by atoms with van der Waals surface area (Å²) in [6.45, 7) is 2.56. The summed E-state index contributed by atoms with van der Waals surface area (Å²) in [5.74, 6) is 0.193. The van der Waals surface area contributed by atoms with Crippen molar-refractivity contribution in [2.75, 3.05) is 26.2 Å². The Balaban J connectivity index is 1.38. The van der Waals surface area contributed by atoms with Gasteiger partial charge in [-0.05, 0) is 30.5 Å². The van der Waals surface area contributed by atoms with E-state index in [0.29, 0.717) is 17.3 Å². The van der Waals surface area contributed by atoms with Crippen LogP contribution in [-0.4, -0.2) is 52.8 Å². The van der Waals surface area contributed by atoms with Crippen molar-refractivity contribution in [1.82, 2.24) is 14.8 Å². The molecular formula is C22H20F3N3O3S. The van der Waals surface area contributed by atoms with Crippen molar-refractivity contribution in [3.63, 3.8) is 0 Å². The highest BCUT2D eigenvalue weighted by Gasteiger charge is 2.36. The molecule has 0 radical (unpaired) electrons. The largest absolute Gasteiger partial charge is 0.440 e. The topological polar surface area (TPSA) is 66.7 Å². The first kappa shape index (κ1) is 22.1. The van der Waals surface area contributed by atoms with E-state index in [2.05, 4.69) is 4.98 Å². The number of nitrogens with zero attached hydrogens (tertiary/aromatic N) is 3. The van der Waals surface area contributed by atoms with Gasteiger partial charge in [-0.15, -0.1) is 11.3 Å². The van der Waals surface area contributed by atoms with E-state index in [1.54, 1.807) is 11.8 Å². The van der Waals surface area contributed by atoms with Crippen molar-refractivity contribution in [2.45, 2.75) is 19.5 Å². The van der Waals surface area contributed by atoms with E-state index in [9.17, 15) is 22.8 Å². The molecule has 1 aromatic carbocycles. The van der Waals surface area contributed by atoms with Crippen LogP contribution >= 0.6 is 11.3 Å². The molecular weight excluding hydrogens is 443 g/mol. The number of thiophene rings is 1. The number of piperazine rings is 1. The summed E-state index contributed by atoms with van der Waals surface area (Å²) in [5.41, 5.74) is -0.776. The van der Waals surface area contributed by atoms with E-state index in [4.69, 9.17) is 4.42 Å². The number of hydrogen-bond donors (Lipinski definition) is 0. The Hall–Kier alpha value is -3.14. The van der Waals surface area contributed by atoms with Crippen molar-refractivity contribution in [2.24, 2.45) is 0 Å². The minimum atomic E-state index is -4.61. The molecule has 0 unspecified atom stereocenters. The molecule has 168 valence electrons. The highest BCUT2D eigenvalue weighted by molar-refractivity contribution is 7.13. The third-order valence-corrected chi connectivity index (χ3v) is 6.18. The molecule has 1 saturated heterocycles. The Labute approximate surface area is 186 Å². The second-order valence-corrected chi connectivity index (χ2v) is 8.34. The molecule has 32 heavy (non-hydrogen) atoms. The van der Waals surface area contributed by atoms with Gasteiger partial charge in [0.05, 0.1) is 28.1 Å². The van der Waals surface area contributed by atoms with Gasteiger partial charge in [0.1, 0.15) is 5.76 Å². The number of rotatable bonds is 4. The lowest BCUT2D eigenvalue weighted by atomic mass is 10.1. The Morgan fingerprint density at radius 1 is 1.06 bits per heavy atom. The van der Waals surface area contributed by atoms with Crippen LogP contribution < -0.4 is 0 Å². The zero-order valence-electron chi connectivity index (χ0n) is 17.2. The molecule has 6 nitrogen and oxygen atoms in total. The number of carbonyl (C=O) groups excluding carboxylic acids is 2. The first-order valence-corrected chi connectivity index (χ1v) is 10.9. The van der Waals surface area contributed by atoms with E-state index in [1.807, 2.05) is 17.5 Å². The standard InChI is InChI=1S/C22H20F3N3O3S/c1-14-17(26-20(31-14)18-7-4-12-32-18)13-19(29)27-8-10-28(11-9-27)21(30)15-5-2-3-6-16(15)22(23,24)25/h2-7,12H,8-11,13H2,1H3. The molecule has 10 heteroatoms. The van der Waals surface area contributed by atoms with Crippen LogP contribution in [0.15, 0.2) is 46.2 Å². The lowest BCUT2D eigenvalue weighted by molar-refractivity contribution is -0.138. The number of aryl methyl sites for hydroxylation is 1. The summed E-state index contributed by atoms with van der Waals surface area (Å²) in [7, 11) is 0. The highest BCUT2D eigenvalue weighted by Crippen LogP contribution is 2.32. The monoisotopic (exact) mass is 463 g/mol. The molecule has 0 bridgehead atoms. The van der Waals surface area contributed by atoms with Gasteiger partial charge in [-0.2, -0.15) is 13.2 Å². The maximum absolute atomic E-state index is 13.2. The van der Waals surface area contributed by atoms with E-state index < -0.39 is 17.6 Å². The fourth-order valence-corrected chi connectivity index (χ4v) is 4.25. The number of aromatic nitrogens is 1. The molecule has 2 aromatic heterocycles. The van der Waals surface area contributed by atoms with Gasteiger partial charge in [-0.3, -0.25) is 9.59 Å². The fraction of sp³-hybridized carbons (Fsp3) is 0.318. The van der Waals surface area contributed by atoms with Gasteiger partial charge in [-0.25, -0.2) is 4.98 Å². The number of alkyl halides is 3. The van der Waals surface area contributed by atoms with E-state index in [0.717, 1.165) is 10.9 Å². The smallest absolute Gasteiger partial charge is 0.417 e. The van der Waals surface area contributed by atoms with Gasteiger partial charge in [-0.1, -0.05) is 18.2 Å². The molecule has 0 atom stereocenters. The van der Waals surface area contributed by atoms with Crippen molar-refractivity contribution in [3.8, 4) is 10.8 Å². The molecule has 0 N–H and O–H groups in total. The van der Waals surface area contributed by atoms with Crippen molar-refractivity contribution in [3.05, 3.63) is 64.4 Å². The van der Waals surface area contributed by atoms with Gasteiger partial charge in [0.2, 0.25) is 11.8 Å². The van der Waals surface area contributed by atoms with Crippen LogP contribution in [0.1, 0.15) is 27.4 Å². The summed E-state index contributed by atoms with van der Waals surface area (Å²) in [6, 6.07) is 8.52. The Bertz CT molecular complexity index is 1120. The van der Waals surface area contributed by atoms with Crippen LogP contribution in [0.3, 0.4) is 0 Å². The lowest BCUT2D eigenvalue weighted by Gasteiger charge is -2.35. The molecule has 1 fully saturated rings. The zero-order chi connectivity index (χ0) is 22.9. The third-order valence-electron chi connectivity index (χ3n) is 5.33. The lowest BCUT2D eigenvalue weighted by Crippen LogP contribution is -2.51. The van der Waals surface area contributed by atoms with Crippen LogP contribution in [0.2, 0.25) is 0 Å². The van der Waals surface area contributed by atoms with Gasteiger partial charge in [0.15, 0.2) is 0 Å². The number of hydrogen-bond acceptors (Lipinski definition) is 5. The van der Waals surface area contributed by atoms with Gasteiger partial charge in [0.25, 0.3) is 5.91 Å².